The summed E-state index contributed by atoms with van der Waals surface area (Å²) in [7, 11) is 6.08. The molecular weight excluding hydrogens is 340 g/mol. The lowest BCUT2D eigenvalue weighted by Crippen LogP contribution is -2.52. The van der Waals surface area contributed by atoms with Crippen LogP contribution in [0.1, 0.15) is 29.5 Å². The molecule has 2 unspecified atom stereocenters. The molecule has 3 nitrogen and oxygen atoms in total. The summed E-state index contributed by atoms with van der Waals surface area (Å²) < 4.78 is 5.93. The van der Waals surface area contributed by atoms with E-state index in [0.29, 0.717) is 11.2 Å². The van der Waals surface area contributed by atoms with Gasteiger partial charge < -0.3 is 14.5 Å². The summed E-state index contributed by atoms with van der Waals surface area (Å²) in [4.78, 5) is 4.35. The lowest BCUT2D eigenvalue weighted by molar-refractivity contribution is 0.123. The predicted molar refractivity (Wildman–Crippen MR) is 110 cm³/mol. The molecule has 1 aliphatic heterocycles. The molecule has 4 rings (SSSR count). The Morgan fingerprint density at radius 3 is 2.69 bits per heavy atom. The minimum atomic E-state index is 0.0745. The molecule has 1 heterocycles. The number of fused-ring (bicyclic) bond motifs is 4. The van der Waals surface area contributed by atoms with Crippen molar-refractivity contribution in [2.75, 3.05) is 27.7 Å². The molecule has 1 saturated heterocycles. The van der Waals surface area contributed by atoms with E-state index in [9.17, 15) is 0 Å². The first-order valence-electron chi connectivity index (χ1n) is 9.28. The number of rotatable bonds is 2. The topological polar surface area (TPSA) is 15.7 Å². The van der Waals surface area contributed by atoms with Gasteiger partial charge in [-0.05, 0) is 73.9 Å². The number of hydrogen-bond donors (Lipinski definition) is 0. The number of thiocarbonyl (C=S) groups is 1. The van der Waals surface area contributed by atoms with Gasteiger partial charge >= 0.3 is 0 Å². The van der Waals surface area contributed by atoms with Gasteiger partial charge in [-0.3, -0.25) is 0 Å². The maximum atomic E-state index is 5.93. The highest BCUT2D eigenvalue weighted by molar-refractivity contribution is 7.80. The summed E-state index contributed by atoms with van der Waals surface area (Å²) in [6, 6.07) is 18.1. The third kappa shape index (κ3) is 2.91. The van der Waals surface area contributed by atoms with Crippen LogP contribution in [0.4, 0.5) is 0 Å². The van der Waals surface area contributed by atoms with E-state index >= 15 is 0 Å². The molecule has 0 spiro atoms. The Morgan fingerprint density at radius 2 is 1.96 bits per heavy atom. The Kier molecular flexibility index (Phi) is 4.49. The number of likely N-dealkylation sites (tertiary alicyclic amines) is 1. The summed E-state index contributed by atoms with van der Waals surface area (Å²) in [6.07, 6.45) is 3.42. The maximum absolute atomic E-state index is 5.93. The van der Waals surface area contributed by atoms with E-state index in [4.69, 9.17) is 17.0 Å². The largest absolute Gasteiger partial charge is 0.432 e. The lowest BCUT2D eigenvalue weighted by atomic mass is 9.60. The van der Waals surface area contributed by atoms with Crippen molar-refractivity contribution in [2.24, 2.45) is 0 Å². The fraction of sp³-hybridized carbons (Fsp3) is 0.409. The fourth-order valence-corrected chi connectivity index (χ4v) is 4.64. The van der Waals surface area contributed by atoms with E-state index in [2.05, 4.69) is 60.5 Å². The van der Waals surface area contributed by atoms with Crippen LogP contribution in [0.25, 0.3) is 0 Å². The van der Waals surface area contributed by atoms with Crippen molar-refractivity contribution in [3.05, 3.63) is 65.2 Å². The molecule has 0 saturated carbocycles. The average molecular weight is 367 g/mol. The Morgan fingerprint density at radius 1 is 1.19 bits per heavy atom. The number of nitrogens with zero attached hydrogens (tertiary/aromatic N) is 2. The molecule has 2 aliphatic rings. The van der Waals surface area contributed by atoms with E-state index in [1.54, 1.807) is 0 Å². The Bertz CT molecular complexity index is 820. The molecule has 1 fully saturated rings. The molecule has 136 valence electrons. The molecule has 2 bridgehead atoms. The van der Waals surface area contributed by atoms with Gasteiger partial charge in [0.1, 0.15) is 5.75 Å². The molecule has 0 N–H and O–H groups in total. The van der Waals surface area contributed by atoms with Crippen LogP contribution in [0.2, 0.25) is 0 Å². The second-order valence-electron chi connectivity index (χ2n) is 7.82. The zero-order chi connectivity index (χ0) is 18.3. The second kappa shape index (κ2) is 6.67. The summed E-state index contributed by atoms with van der Waals surface area (Å²) in [5.74, 6) is 0.843. The fourth-order valence-electron chi connectivity index (χ4n) is 4.55. The van der Waals surface area contributed by atoms with Crippen molar-refractivity contribution >= 4 is 17.4 Å². The minimum absolute atomic E-state index is 0.0745. The zero-order valence-electron chi connectivity index (χ0n) is 15.7. The number of benzene rings is 2. The van der Waals surface area contributed by atoms with Gasteiger partial charge in [-0.25, -0.2) is 0 Å². The quantitative estimate of drug-likeness (QED) is 0.750. The van der Waals surface area contributed by atoms with Crippen molar-refractivity contribution in [3.8, 4) is 5.75 Å². The Labute approximate surface area is 161 Å². The van der Waals surface area contributed by atoms with Gasteiger partial charge in [0, 0.05) is 25.6 Å². The van der Waals surface area contributed by atoms with E-state index in [1.807, 2.05) is 19.0 Å². The number of ether oxygens (including phenoxy) is 1. The van der Waals surface area contributed by atoms with Crippen LogP contribution in [-0.2, 0) is 11.8 Å². The molecular formula is C22H26N2OS. The molecule has 0 aromatic heterocycles. The average Bonchev–Trinajstić information content (AvgIpc) is 2.66. The van der Waals surface area contributed by atoms with Gasteiger partial charge in [-0.1, -0.05) is 36.4 Å². The van der Waals surface area contributed by atoms with Crippen LogP contribution in [0.15, 0.2) is 48.5 Å². The molecule has 2 atom stereocenters. The maximum Gasteiger partial charge on any atom is 0.264 e. The van der Waals surface area contributed by atoms with Gasteiger partial charge in [0.15, 0.2) is 0 Å². The third-order valence-corrected chi connectivity index (χ3v) is 6.50. The third-order valence-electron chi connectivity index (χ3n) is 6.05. The highest BCUT2D eigenvalue weighted by Gasteiger charge is 2.46. The Balaban J connectivity index is 1.81. The molecule has 0 amide bonds. The summed E-state index contributed by atoms with van der Waals surface area (Å²) in [5.41, 5.74) is 4.36. The molecule has 2 aromatic rings. The van der Waals surface area contributed by atoms with Crippen LogP contribution < -0.4 is 4.74 Å². The molecule has 1 aliphatic carbocycles. The molecule has 4 heteroatoms. The van der Waals surface area contributed by atoms with E-state index in [-0.39, 0.29) is 5.41 Å². The smallest absolute Gasteiger partial charge is 0.264 e. The number of piperidine rings is 1. The first kappa shape index (κ1) is 17.5. The van der Waals surface area contributed by atoms with E-state index < -0.39 is 0 Å². The van der Waals surface area contributed by atoms with Crippen molar-refractivity contribution in [1.82, 2.24) is 9.80 Å². The normalized spacial score (nSPS) is 24.7. The van der Waals surface area contributed by atoms with E-state index in [1.165, 1.54) is 23.1 Å². The van der Waals surface area contributed by atoms with Gasteiger partial charge in [-0.15, -0.1) is 0 Å². The summed E-state index contributed by atoms with van der Waals surface area (Å²) in [5, 5.41) is 0.496. The highest BCUT2D eigenvalue weighted by atomic mass is 32.1. The van der Waals surface area contributed by atoms with Crippen molar-refractivity contribution < 1.29 is 4.74 Å². The summed E-state index contributed by atoms with van der Waals surface area (Å²) in [6.45, 7) is 1.13. The highest BCUT2D eigenvalue weighted by Crippen LogP contribution is 2.49. The second-order valence-corrected chi connectivity index (χ2v) is 8.17. The lowest BCUT2D eigenvalue weighted by Gasteiger charge is -2.51. The van der Waals surface area contributed by atoms with Gasteiger partial charge in [0.25, 0.3) is 5.17 Å². The molecule has 26 heavy (non-hydrogen) atoms. The minimum Gasteiger partial charge on any atom is -0.432 e. The van der Waals surface area contributed by atoms with Crippen LogP contribution in [0.5, 0.6) is 5.75 Å². The SMILES string of the molecule is CN(C)C(=S)Oc1ccc2c(c1)C1(c3ccccc3)CCN(C)C(C2)C1. The van der Waals surface area contributed by atoms with Crippen molar-refractivity contribution in [1.29, 1.82) is 0 Å². The number of likely N-dealkylation sites (N-methyl/N-ethyl adjacent to an activating group) is 1. The van der Waals surface area contributed by atoms with Gasteiger partial charge in [0.05, 0.1) is 0 Å². The first-order chi connectivity index (χ1) is 12.5. The van der Waals surface area contributed by atoms with Crippen LogP contribution in [-0.4, -0.2) is 48.7 Å². The van der Waals surface area contributed by atoms with Crippen molar-refractivity contribution in [3.63, 3.8) is 0 Å². The molecule has 2 aromatic carbocycles. The zero-order valence-corrected chi connectivity index (χ0v) is 16.6. The van der Waals surface area contributed by atoms with Gasteiger partial charge in [0.2, 0.25) is 0 Å². The monoisotopic (exact) mass is 366 g/mol. The molecule has 0 radical (unpaired) electrons. The summed E-state index contributed by atoms with van der Waals surface area (Å²) >= 11 is 5.34. The van der Waals surface area contributed by atoms with Crippen LogP contribution in [0, 0.1) is 0 Å². The predicted octanol–water partition coefficient (Wildman–Crippen LogP) is 3.85. The van der Waals surface area contributed by atoms with Crippen LogP contribution in [0.3, 0.4) is 0 Å². The Hall–Kier alpha value is -1.91. The van der Waals surface area contributed by atoms with E-state index in [0.717, 1.165) is 25.1 Å². The van der Waals surface area contributed by atoms with Gasteiger partial charge in [-0.2, -0.15) is 0 Å². The standard InChI is InChI=1S/C22H26N2OS/c1-23(2)21(26)25-19-10-9-16-13-18-15-22(20(16)14-19,11-12-24(18)3)17-7-5-4-6-8-17/h4-10,14,18H,11-13,15H2,1-3H3. The first-order valence-corrected chi connectivity index (χ1v) is 9.69. The number of hydrogen-bond acceptors (Lipinski definition) is 3. The van der Waals surface area contributed by atoms with Crippen LogP contribution >= 0.6 is 12.2 Å². The van der Waals surface area contributed by atoms with Crippen molar-refractivity contribution in [2.45, 2.75) is 30.7 Å².